The lowest BCUT2D eigenvalue weighted by Gasteiger charge is -2.29. The van der Waals surface area contributed by atoms with Gasteiger partial charge < -0.3 is 43.6 Å². The van der Waals surface area contributed by atoms with E-state index in [1.807, 2.05) is 0 Å². The molecule has 0 bridgehead atoms. The minimum absolute atomic E-state index is 0.0895. The zero-order valence-corrected chi connectivity index (χ0v) is 19.0. The van der Waals surface area contributed by atoms with Crippen molar-refractivity contribution in [2.45, 2.75) is 56.3 Å². The fraction of sp³-hybridized carbons (Fsp3) is 0.667. The summed E-state index contributed by atoms with van der Waals surface area (Å²) in [5.74, 6) is -4.36. The van der Waals surface area contributed by atoms with E-state index < -0.39 is 60.2 Å². The molecule has 1 aliphatic rings. The van der Waals surface area contributed by atoms with Gasteiger partial charge in [-0.1, -0.05) is 0 Å². The average Bonchev–Trinajstić information content (AvgIpc) is 3.22. The molecular weight excluding hydrogens is 456 g/mol. The van der Waals surface area contributed by atoms with Gasteiger partial charge in [0.25, 0.3) is 0 Å². The van der Waals surface area contributed by atoms with Gasteiger partial charge in [0, 0.05) is 18.8 Å². The van der Waals surface area contributed by atoms with E-state index in [-0.39, 0.29) is 37.6 Å². The molecule has 11 N–H and O–H groups in total. The molecular formula is C18H32N8O6S. The Morgan fingerprint density at radius 1 is 1.12 bits per heavy atom. The number of nitrogens with one attached hydrogen (secondary N) is 2. The maximum atomic E-state index is 13.1. The summed E-state index contributed by atoms with van der Waals surface area (Å²) in [6.07, 6.45) is 0.896. The fourth-order valence-electron chi connectivity index (χ4n) is 3.29. The first-order valence-corrected chi connectivity index (χ1v) is 10.9. The van der Waals surface area contributed by atoms with E-state index in [1.54, 1.807) is 0 Å². The number of guanidine groups is 1. The number of carboxylic acid groups (broad SMARTS) is 1. The van der Waals surface area contributed by atoms with Gasteiger partial charge in [0.05, 0.1) is 12.5 Å². The highest BCUT2D eigenvalue weighted by Gasteiger charge is 2.39. The van der Waals surface area contributed by atoms with Crippen LogP contribution in [0.25, 0.3) is 0 Å². The third-order valence-electron chi connectivity index (χ3n) is 4.96. The van der Waals surface area contributed by atoms with Crippen LogP contribution in [-0.2, 0) is 24.0 Å². The van der Waals surface area contributed by atoms with Crippen LogP contribution in [0.15, 0.2) is 4.99 Å². The quantitative estimate of drug-likeness (QED) is 0.0547. The molecule has 1 heterocycles. The van der Waals surface area contributed by atoms with E-state index in [4.69, 9.17) is 28.0 Å². The van der Waals surface area contributed by atoms with Gasteiger partial charge in [-0.15, -0.1) is 0 Å². The van der Waals surface area contributed by atoms with E-state index in [0.717, 1.165) is 0 Å². The minimum Gasteiger partial charge on any atom is -0.480 e. The number of aliphatic imine (C=N–C) groups is 1. The first-order valence-electron chi connectivity index (χ1n) is 10.3. The number of hydrogen-bond donors (Lipinski definition) is 8. The van der Waals surface area contributed by atoms with Crippen molar-refractivity contribution in [2.24, 2.45) is 27.9 Å². The number of likely N-dealkylation sites (tertiary alicyclic amines) is 1. The van der Waals surface area contributed by atoms with Crippen LogP contribution in [0.1, 0.15) is 32.1 Å². The van der Waals surface area contributed by atoms with Gasteiger partial charge in [-0.2, -0.15) is 12.6 Å². The van der Waals surface area contributed by atoms with Crippen molar-refractivity contribution in [1.29, 1.82) is 0 Å². The topological polar surface area (TPSA) is 249 Å². The third kappa shape index (κ3) is 9.13. The maximum absolute atomic E-state index is 13.1. The number of nitrogens with zero attached hydrogens (tertiary/aromatic N) is 2. The predicted molar refractivity (Wildman–Crippen MR) is 122 cm³/mol. The van der Waals surface area contributed by atoms with Crippen molar-refractivity contribution in [2.75, 3.05) is 18.8 Å². The molecule has 4 unspecified atom stereocenters. The largest absolute Gasteiger partial charge is 0.480 e. The number of aliphatic carboxylic acids is 1. The molecule has 4 atom stereocenters. The van der Waals surface area contributed by atoms with Gasteiger partial charge >= 0.3 is 5.97 Å². The summed E-state index contributed by atoms with van der Waals surface area (Å²) in [6, 6.07) is -4.50. The molecule has 1 aliphatic heterocycles. The van der Waals surface area contributed by atoms with Gasteiger partial charge in [-0.05, 0) is 25.7 Å². The number of carboxylic acids is 1. The molecule has 0 aromatic heterocycles. The Morgan fingerprint density at radius 3 is 2.33 bits per heavy atom. The second-order valence-electron chi connectivity index (χ2n) is 7.56. The molecule has 33 heavy (non-hydrogen) atoms. The minimum atomic E-state index is -1.33. The van der Waals surface area contributed by atoms with Crippen LogP contribution in [0.4, 0.5) is 0 Å². The Kier molecular flexibility index (Phi) is 11.4. The van der Waals surface area contributed by atoms with E-state index in [0.29, 0.717) is 12.8 Å². The Bertz CT molecular complexity index is 775. The first kappa shape index (κ1) is 28.0. The van der Waals surface area contributed by atoms with Crippen LogP contribution in [0.2, 0.25) is 0 Å². The molecule has 4 amide bonds. The Hall–Kier alpha value is -3.07. The van der Waals surface area contributed by atoms with Crippen LogP contribution in [-0.4, -0.2) is 88.6 Å². The lowest BCUT2D eigenvalue weighted by Crippen LogP contribution is -2.57. The molecule has 14 nitrogen and oxygen atoms in total. The van der Waals surface area contributed by atoms with Crippen molar-refractivity contribution >= 4 is 48.2 Å². The van der Waals surface area contributed by atoms with Crippen molar-refractivity contribution in [3.8, 4) is 0 Å². The van der Waals surface area contributed by atoms with Gasteiger partial charge in [-0.25, -0.2) is 4.79 Å². The summed E-state index contributed by atoms with van der Waals surface area (Å²) in [4.78, 5) is 65.8. The van der Waals surface area contributed by atoms with E-state index >= 15 is 0 Å². The summed E-state index contributed by atoms with van der Waals surface area (Å²) in [5.41, 5.74) is 21.5. The van der Waals surface area contributed by atoms with Gasteiger partial charge in [0.2, 0.25) is 23.6 Å². The smallest absolute Gasteiger partial charge is 0.327 e. The van der Waals surface area contributed by atoms with Crippen molar-refractivity contribution in [3.05, 3.63) is 0 Å². The Labute approximate surface area is 196 Å². The van der Waals surface area contributed by atoms with Crippen molar-refractivity contribution in [3.63, 3.8) is 0 Å². The molecule has 0 radical (unpaired) electrons. The maximum Gasteiger partial charge on any atom is 0.327 e. The highest BCUT2D eigenvalue weighted by Crippen LogP contribution is 2.19. The second-order valence-corrected chi connectivity index (χ2v) is 7.92. The standard InChI is InChI=1S/C18H32N8O6S/c19-9(3-1-5-23-18(21)22)14(28)24-10(7-13(20)27)16(30)26-6-2-4-12(26)15(29)25-11(8-33)17(31)32/h9-12,33H,1-8,19H2,(H2,20,27)(H,24,28)(H,25,29)(H,31,32)(H4,21,22,23). The number of carbonyl (C=O) groups excluding carboxylic acids is 4. The number of nitrogens with two attached hydrogens (primary N) is 4. The van der Waals surface area contributed by atoms with Crippen LogP contribution in [0.5, 0.6) is 0 Å². The summed E-state index contributed by atoms with van der Waals surface area (Å²) in [5, 5.41) is 13.9. The van der Waals surface area contributed by atoms with E-state index in [9.17, 15) is 24.0 Å². The lowest BCUT2D eigenvalue weighted by molar-refractivity contribution is -0.145. The van der Waals surface area contributed by atoms with Gasteiger partial charge in [0.1, 0.15) is 18.1 Å². The number of rotatable bonds is 13. The predicted octanol–water partition coefficient (Wildman–Crippen LogP) is -3.78. The number of amides is 4. The van der Waals surface area contributed by atoms with Crippen LogP contribution >= 0.6 is 12.6 Å². The zero-order valence-electron chi connectivity index (χ0n) is 18.1. The number of thiol groups is 1. The van der Waals surface area contributed by atoms with Gasteiger partial charge in [-0.3, -0.25) is 24.2 Å². The molecule has 0 aromatic carbocycles. The van der Waals surface area contributed by atoms with Crippen LogP contribution < -0.4 is 33.6 Å². The molecule has 0 saturated carbocycles. The first-order chi connectivity index (χ1) is 15.5. The highest BCUT2D eigenvalue weighted by atomic mass is 32.1. The molecule has 186 valence electrons. The molecule has 0 spiro atoms. The molecule has 0 aliphatic carbocycles. The van der Waals surface area contributed by atoms with Gasteiger partial charge in [0.15, 0.2) is 5.96 Å². The van der Waals surface area contributed by atoms with E-state index in [2.05, 4.69) is 28.3 Å². The lowest BCUT2D eigenvalue weighted by atomic mass is 10.1. The van der Waals surface area contributed by atoms with E-state index in [1.165, 1.54) is 4.90 Å². The molecule has 1 saturated heterocycles. The van der Waals surface area contributed by atoms with Crippen molar-refractivity contribution in [1.82, 2.24) is 15.5 Å². The molecule has 1 fully saturated rings. The van der Waals surface area contributed by atoms with Crippen LogP contribution in [0, 0.1) is 0 Å². The number of hydrogen-bond acceptors (Lipinski definition) is 8. The monoisotopic (exact) mass is 488 g/mol. The molecule has 1 rings (SSSR count). The average molecular weight is 489 g/mol. The summed E-state index contributed by atoms with van der Waals surface area (Å²) >= 11 is 3.90. The van der Waals surface area contributed by atoms with Crippen molar-refractivity contribution < 1.29 is 29.1 Å². The SMILES string of the molecule is NC(=O)CC(NC(=O)C(N)CCCN=C(N)N)C(=O)N1CCCC1C(=O)NC(CS)C(=O)O. The second kappa shape index (κ2) is 13.5. The summed E-state index contributed by atoms with van der Waals surface area (Å²) < 4.78 is 0. The molecule has 0 aromatic rings. The summed E-state index contributed by atoms with van der Waals surface area (Å²) in [7, 11) is 0. The highest BCUT2D eigenvalue weighted by molar-refractivity contribution is 7.80. The van der Waals surface area contributed by atoms with Crippen LogP contribution in [0.3, 0.4) is 0 Å². The summed E-state index contributed by atoms with van der Waals surface area (Å²) in [6.45, 7) is 0.451. The fourth-order valence-corrected chi connectivity index (χ4v) is 3.53. The number of primary amides is 1. The molecule has 15 heteroatoms. The Morgan fingerprint density at radius 2 is 1.79 bits per heavy atom. The normalized spacial score (nSPS) is 18.0. The zero-order chi connectivity index (χ0) is 25.1. The Balaban J connectivity index is 2.85. The number of carbonyl (C=O) groups is 5. The third-order valence-corrected chi connectivity index (χ3v) is 5.33.